The topological polar surface area (TPSA) is 121 Å². The van der Waals surface area contributed by atoms with E-state index in [-0.39, 0.29) is 22.5 Å². The molecule has 0 unspecified atom stereocenters. The smallest absolute Gasteiger partial charge is 0.294 e. The molecule has 0 aliphatic carbocycles. The van der Waals surface area contributed by atoms with Gasteiger partial charge in [-0.15, -0.1) is 10.2 Å². The number of nitrogens with zero attached hydrogens (tertiary/aromatic N) is 3. The molecule has 1 aliphatic rings. The number of ether oxygens (including phenoxy) is 2. The van der Waals surface area contributed by atoms with Gasteiger partial charge in [-0.1, -0.05) is 17.8 Å². The van der Waals surface area contributed by atoms with Gasteiger partial charge in [-0.3, -0.25) is 9.59 Å². The van der Waals surface area contributed by atoms with Crippen LogP contribution in [0.25, 0.3) is 0 Å². The quantitative estimate of drug-likeness (QED) is 0.528. The van der Waals surface area contributed by atoms with Crippen molar-refractivity contribution in [1.82, 2.24) is 20.2 Å². The van der Waals surface area contributed by atoms with Crippen molar-refractivity contribution in [2.75, 3.05) is 31.4 Å². The molecule has 0 saturated heterocycles. The number of hydrogen-bond acceptors (Lipinski definition) is 8. The van der Waals surface area contributed by atoms with E-state index in [0.29, 0.717) is 26.2 Å². The van der Waals surface area contributed by atoms with Crippen LogP contribution in [0.2, 0.25) is 0 Å². The van der Waals surface area contributed by atoms with Crippen molar-refractivity contribution < 1.29 is 14.3 Å². The van der Waals surface area contributed by atoms with Crippen LogP contribution in [0.4, 0.5) is 0 Å². The lowest BCUT2D eigenvalue weighted by atomic mass is 10.1. The molecule has 3 rings (SSSR count). The third kappa shape index (κ3) is 4.26. The molecule has 2 aromatic rings. The Kier molecular flexibility index (Phi) is 5.61. The zero-order valence-corrected chi connectivity index (χ0v) is 15.0. The second kappa shape index (κ2) is 8.09. The minimum absolute atomic E-state index is 0.0928. The fourth-order valence-electron chi connectivity index (χ4n) is 2.34. The highest BCUT2D eigenvalue weighted by Crippen LogP contribution is 2.30. The lowest BCUT2D eigenvalue weighted by molar-refractivity contribution is -0.118. The van der Waals surface area contributed by atoms with E-state index in [0.717, 1.165) is 33.5 Å². The third-order valence-corrected chi connectivity index (χ3v) is 4.64. The summed E-state index contributed by atoms with van der Waals surface area (Å²) in [6.45, 7) is 3.10. The van der Waals surface area contributed by atoms with Gasteiger partial charge in [0.15, 0.2) is 11.5 Å². The van der Waals surface area contributed by atoms with Crippen LogP contribution in [0.1, 0.15) is 11.3 Å². The molecule has 0 spiro atoms. The summed E-state index contributed by atoms with van der Waals surface area (Å²) in [5, 5.41) is 10.6. The average Bonchev–Trinajstić information content (AvgIpc) is 2.65. The molecule has 2 heterocycles. The number of thioether (sulfide) groups is 1. The Bertz CT molecular complexity index is 870. The number of carbonyl (C=O) groups is 1. The standard InChI is InChI=1S/C16H19N5O4S/c1-10-15(23)21(17)16(20-19-10)26-9-14(22)18-5-4-11-2-3-12-13(8-11)25-7-6-24-12/h2-3,8H,4-7,9,17H2,1H3,(H,18,22). The summed E-state index contributed by atoms with van der Waals surface area (Å²) in [7, 11) is 0. The highest BCUT2D eigenvalue weighted by atomic mass is 32.2. The number of carbonyl (C=O) groups excluding carboxylic acids is 1. The molecule has 0 saturated carbocycles. The van der Waals surface area contributed by atoms with E-state index in [9.17, 15) is 9.59 Å². The first-order valence-electron chi connectivity index (χ1n) is 8.04. The van der Waals surface area contributed by atoms with Gasteiger partial charge < -0.3 is 20.6 Å². The van der Waals surface area contributed by atoms with Gasteiger partial charge >= 0.3 is 0 Å². The molecular weight excluding hydrogens is 358 g/mol. The van der Waals surface area contributed by atoms with E-state index in [1.165, 1.54) is 6.92 Å². The molecule has 26 heavy (non-hydrogen) atoms. The second-order valence-corrected chi connectivity index (χ2v) is 6.55. The third-order valence-electron chi connectivity index (χ3n) is 3.69. The first kappa shape index (κ1) is 18.1. The fourth-order valence-corrected chi connectivity index (χ4v) is 3.02. The van der Waals surface area contributed by atoms with Crippen LogP contribution in [0.5, 0.6) is 11.5 Å². The van der Waals surface area contributed by atoms with Crippen LogP contribution in [-0.2, 0) is 11.2 Å². The monoisotopic (exact) mass is 377 g/mol. The van der Waals surface area contributed by atoms with Crippen LogP contribution in [0.3, 0.4) is 0 Å². The molecular formula is C16H19N5O4S. The van der Waals surface area contributed by atoms with Crippen molar-refractivity contribution in [3.63, 3.8) is 0 Å². The van der Waals surface area contributed by atoms with E-state index in [4.69, 9.17) is 15.3 Å². The van der Waals surface area contributed by atoms with Crippen molar-refractivity contribution in [3.8, 4) is 11.5 Å². The Balaban J connectivity index is 1.46. The SMILES string of the molecule is Cc1nnc(SCC(=O)NCCc2ccc3c(c2)OCCO3)n(N)c1=O. The molecule has 138 valence electrons. The van der Waals surface area contributed by atoms with Gasteiger partial charge in [-0.25, -0.2) is 0 Å². The summed E-state index contributed by atoms with van der Waals surface area (Å²) in [6.07, 6.45) is 0.666. The van der Waals surface area contributed by atoms with Crippen LogP contribution < -0.4 is 26.2 Å². The van der Waals surface area contributed by atoms with Crippen molar-refractivity contribution in [2.24, 2.45) is 0 Å². The molecule has 9 nitrogen and oxygen atoms in total. The maximum atomic E-state index is 11.9. The van der Waals surface area contributed by atoms with Gasteiger partial charge in [0.2, 0.25) is 11.1 Å². The lowest BCUT2D eigenvalue weighted by Gasteiger charge is -2.18. The number of amides is 1. The first-order chi connectivity index (χ1) is 12.5. The van der Waals surface area contributed by atoms with Crippen LogP contribution >= 0.6 is 11.8 Å². The van der Waals surface area contributed by atoms with E-state index < -0.39 is 5.56 Å². The number of nitrogens with two attached hydrogens (primary N) is 1. The van der Waals surface area contributed by atoms with Crippen LogP contribution in [0, 0.1) is 6.92 Å². The van der Waals surface area contributed by atoms with Crippen molar-refractivity contribution in [2.45, 2.75) is 18.5 Å². The maximum Gasteiger partial charge on any atom is 0.294 e. The van der Waals surface area contributed by atoms with Gasteiger partial charge in [-0.05, 0) is 31.0 Å². The number of rotatable bonds is 6. The Hall–Kier alpha value is -2.75. The summed E-state index contributed by atoms with van der Waals surface area (Å²) in [6, 6.07) is 5.74. The summed E-state index contributed by atoms with van der Waals surface area (Å²) < 4.78 is 11.9. The highest BCUT2D eigenvalue weighted by Gasteiger charge is 2.12. The zero-order valence-electron chi connectivity index (χ0n) is 14.2. The molecule has 10 heteroatoms. The van der Waals surface area contributed by atoms with Crippen molar-refractivity contribution in [1.29, 1.82) is 0 Å². The summed E-state index contributed by atoms with van der Waals surface area (Å²) in [5.41, 5.74) is 0.824. The Labute approximate surface area is 153 Å². The number of fused-ring (bicyclic) bond motifs is 1. The molecule has 1 aromatic carbocycles. The summed E-state index contributed by atoms with van der Waals surface area (Å²) >= 11 is 1.06. The van der Waals surface area contributed by atoms with Gasteiger partial charge in [0.1, 0.15) is 18.9 Å². The summed E-state index contributed by atoms with van der Waals surface area (Å²) in [4.78, 5) is 23.6. The Morgan fingerprint density at radius 1 is 1.31 bits per heavy atom. The van der Waals surface area contributed by atoms with E-state index in [1.807, 2.05) is 18.2 Å². The zero-order chi connectivity index (χ0) is 18.5. The number of nitrogens with one attached hydrogen (secondary N) is 1. The number of aromatic nitrogens is 3. The normalized spacial score (nSPS) is 12.7. The first-order valence-corrected chi connectivity index (χ1v) is 9.02. The van der Waals surface area contributed by atoms with Gasteiger partial charge in [0.05, 0.1) is 5.75 Å². The Morgan fingerprint density at radius 3 is 2.88 bits per heavy atom. The largest absolute Gasteiger partial charge is 0.486 e. The molecule has 0 bridgehead atoms. The molecule has 0 atom stereocenters. The van der Waals surface area contributed by atoms with Crippen LogP contribution in [0.15, 0.2) is 28.2 Å². The molecule has 1 aromatic heterocycles. The molecule has 0 fully saturated rings. The van der Waals surface area contributed by atoms with Crippen molar-refractivity contribution >= 4 is 17.7 Å². The number of aryl methyl sites for hydroxylation is 1. The molecule has 1 amide bonds. The second-order valence-electron chi connectivity index (χ2n) is 5.61. The van der Waals surface area contributed by atoms with E-state index in [1.54, 1.807) is 0 Å². The minimum Gasteiger partial charge on any atom is -0.486 e. The van der Waals surface area contributed by atoms with Gasteiger partial charge in [-0.2, -0.15) is 4.68 Å². The number of benzene rings is 1. The maximum absolute atomic E-state index is 11.9. The highest BCUT2D eigenvalue weighted by molar-refractivity contribution is 7.99. The molecule has 1 aliphatic heterocycles. The molecule has 0 radical (unpaired) electrons. The minimum atomic E-state index is -0.429. The predicted octanol–water partition coefficient (Wildman–Crippen LogP) is -0.117. The number of nitrogen functional groups attached to an aromatic ring is 1. The molecule has 3 N–H and O–H groups in total. The number of hydrogen-bond donors (Lipinski definition) is 2. The predicted molar refractivity (Wildman–Crippen MR) is 96.0 cm³/mol. The van der Waals surface area contributed by atoms with Crippen LogP contribution in [-0.4, -0.2) is 46.3 Å². The van der Waals surface area contributed by atoms with Gasteiger partial charge in [0, 0.05) is 6.54 Å². The average molecular weight is 377 g/mol. The van der Waals surface area contributed by atoms with Crippen molar-refractivity contribution in [3.05, 3.63) is 39.8 Å². The summed E-state index contributed by atoms with van der Waals surface area (Å²) in [5.74, 6) is 7.02. The Morgan fingerprint density at radius 2 is 2.08 bits per heavy atom. The van der Waals surface area contributed by atoms with E-state index >= 15 is 0 Å². The van der Waals surface area contributed by atoms with Gasteiger partial charge in [0.25, 0.3) is 5.56 Å². The fraction of sp³-hybridized carbons (Fsp3) is 0.375. The lowest BCUT2D eigenvalue weighted by Crippen LogP contribution is -2.33. The van der Waals surface area contributed by atoms with E-state index in [2.05, 4.69) is 15.5 Å².